The van der Waals surface area contributed by atoms with Crippen LogP contribution in [0, 0.1) is 0 Å². The van der Waals surface area contributed by atoms with E-state index in [-0.39, 0.29) is 6.71 Å². The Morgan fingerprint density at radius 3 is 1.00 bits per heavy atom. The van der Waals surface area contributed by atoms with Gasteiger partial charge in [-0.1, -0.05) is 107 Å². The minimum Gasteiger partial charge on any atom is -0.135 e. The molecule has 55 heavy (non-hydrogen) atoms. The van der Waals surface area contributed by atoms with Gasteiger partial charge in [-0.25, -0.2) is 0 Å². The minimum atomic E-state index is 0.116. The average Bonchev–Trinajstić information content (AvgIpc) is 3.99. The van der Waals surface area contributed by atoms with Gasteiger partial charge in [0.25, 0.3) is 0 Å². The molecule has 250 valence electrons. The fourth-order valence-electron chi connectivity index (χ4n) is 10.9. The van der Waals surface area contributed by atoms with E-state index in [0.29, 0.717) is 0 Å². The van der Waals surface area contributed by atoms with E-state index in [0.717, 1.165) is 0 Å². The first-order valence-electron chi connectivity index (χ1n) is 18.9. The maximum Gasteiger partial charge on any atom is 0.244 e. The number of hydrogen-bond acceptors (Lipinski definition) is 4. The van der Waals surface area contributed by atoms with Crippen molar-refractivity contribution < 1.29 is 0 Å². The molecule has 0 saturated heterocycles. The maximum atomic E-state index is 2.61. The first kappa shape index (κ1) is 28.8. The second kappa shape index (κ2) is 9.81. The number of hydrogen-bond donors (Lipinski definition) is 0. The summed E-state index contributed by atoms with van der Waals surface area (Å²) in [6, 6.07) is 53.8. The van der Waals surface area contributed by atoms with E-state index in [9.17, 15) is 0 Å². The molecule has 0 spiro atoms. The second-order valence-corrected chi connectivity index (χ2v) is 19.7. The van der Waals surface area contributed by atoms with Crippen LogP contribution in [0.15, 0.2) is 140 Å². The van der Waals surface area contributed by atoms with Crippen LogP contribution >= 0.6 is 45.3 Å². The summed E-state index contributed by atoms with van der Waals surface area (Å²) in [5, 5.41) is 16.9. The molecule has 4 aromatic heterocycles. The van der Waals surface area contributed by atoms with Crippen LogP contribution in [-0.2, 0) is 0 Å². The maximum absolute atomic E-state index is 2.61. The van der Waals surface area contributed by atoms with Gasteiger partial charge in [0.15, 0.2) is 0 Å². The monoisotopic (exact) mass is 762 g/mol. The highest BCUT2D eigenvalue weighted by Crippen LogP contribution is 2.52. The minimum absolute atomic E-state index is 0.116. The molecule has 5 heteroatoms. The molecule has 0 fully saturated rings. The molecular weight excluding hydrogens is 740 g/mol. The third-order valence-corrected chi connectivity index (χ3v) is 17.3. The molecule has 0 amide bonds. The van der Waals surface area contributed by atoms with Crippen molar-refractivity contribution in [2.75, 3.05) is 0 Å². The zero-order valence-electron chi connectivity index (χ0n) is 29.0. The summed E-state index contributed by atoms with van der Waals surface area (Å²) in [5.41, 5.74) is 9.97. The lowest BCUT2D eigenvalue weighted by Gasteiger charge is -2.34. The molecule has 0 nitrogen and oxygen atoms in total. The number of thiophene rings is 4. The largest absolute Gasteiger partial charge is 0.244 e. The predicted molar refractivity (Wildman–Crippen MR) is 249 cm³/mol. The molecule has 15 rings (SSSR count). The number of fused-ring (bicyclic) bond motifs is 20. The Kier molecular flexibility index (Phi) is 5.14. The highest BCUT2D eigenvalue weighted by molar-refractivity contribution is 7.28. The van der Waals surface area contributed by atoms with Crippen LogP contribution in [0.5, 0.6) is 0 Å². The molecule has 13 aromatic rings. The lowest BCUT2D eigenvalue weighted by atomic mass is 9.31. The lowest BCUT2D eigenvalue weighted by Crippen LogP contribution is -2.57. The molecule has 2 aliphatic rings. The Morgan fingerprint density at radius 1 is 0.273 bits per heavy atom. The van der Waals surface area contributed by atoms with Crippen molar-refractivity contribution in [2.24, 2.45) is 0 Å². The van der Waals surface area contributed by atoms with Crippen molar-refractivity contribution in [1.29, 1.82) is 0 Å². The van der Waals surface area contributed by atoms with E-state index in [4.69, 9.17) is 0 Å². The van der Waals surface area contributed by atoms with Gasteiger partial charge in [0, 0.05) is 91.5 Å². The SMILES string of the molecule is c1cc2c3c(c1)-c1cc4sc5ccccc5c4c4c1c(cc1sc5ccccc5c14)B3c1cc3sc4ccccc4c3c3c1c-2cc1sc2ccccc2c13. The number of benzene rings is 9. The summed E-state index contributed by atoms with van der Waals surface area (Å²) in [7, 11) is 0. The van der Waals surface area contributed by atoms with Gasteiger partial charge < -0.3 is 0 Å². The highest BCUT2D eigenvalue weighted by atomic mass is 32.1. The Bertz CT molecular complexity index is 3670. The molecule has 0 atom stereocenters. The van der Waals surface area contributed by atoms with Crippen LogP contribution in [-0.4, -0.2) is 6.71 Å². The Hall–Kier alpha value is -5.56. The zero-order chi connectivity index (χ0) is 35.3. The van der Waals surface area contributed by atoms with Crippen LogP contribution in [0.3, 0.4) is 0 Å². The van der Waals surface area contributed by atoms with Gasteiger partial charge in [0.1, 0.15) is 0 Å². The summed E-state index contributed by atoms with van der Waals surface area (Å²) >= 11 is 7.83. The second-order valence-electron chi connectivity index (χ2n) is 15.4. The standard InChI is InChI=1S/C50H23BS4/c1-5-16-34-26(10-1)44-38(52-34)20-30-24-14-9-15-25-31-21-39-45(27-11-2-6-17-35(27)53-39)49-43(31)33(23-41-47(49)29-13-4-8-19-37(29)55-41)51(50(24)25)32-22-40-46(48(44)42(30)32)28-12-3-7-18-36(28)54-40/h1-23H. The summed E-state index contributed by atoms with van der Waals surface area (Å²) < 4.78 is 11.0. The molecule has 2 aliphatic heterocycles. The van der Waals surface area contributed by atoms with Gasteiger partial charge in [-0.3, -0.25) is 0 Å². The molecule has 0 saturated carbocycles. The smallest absolute Gasteiger partial charge is 0.135 e. The van der Waals surface area contributed by atoms with Crippen LogP contribution in [0.1, 0.15) is 0 Å². The molecule has 0 aliphatic carbocycles. The molecule has 9 aromatic carbocycles. The lowest BCUT2D eigenvalue weighted by molar-refractivity contribution is 1.67. The summed E-state index contributed by atoms with van der Waals surface area (Å²) in [6.45, 7) is 0.116. The van der Waals surface area contributed by atoms with E-state index in [1.807, 2.05) is 45.3 Å². The van der Waals surface area contributed by atoms with Crippen molar-refractivity contribution in [3.05, 3.63) is 140 Å². The number of rotatable bonds is 0. The fraction of sp³-hybridized carbons (Fsp3) is 0. The van der Waals surface area contributed by atoms with Gasteiger partial charge in [-0.2, -0.15) is 0 Å². The highest BCUT2D eigenvalue weighted by Gasteiger charge is 2.41. The van der Waals surface area contributed by atoms with Gasteiger partial charge in [0.2, 0.25) is 6.71 Å². The fourth-order valence-corrected chi connectivity index (χ4v) is 15.5. The molecule has 0 radical (unpaired) electrons. The first-order valence-corrected chi connectivity index (χ1v) is 22.1. The molecule has 0 bridgehead atoms. The van der Waals surface area contributed by atoms with Crippen molar-refractivity contribution in [1.82, 2.24) is 0 Å². The normalized spacial score (nSPS) is 13.4. The average molecular weight is 763 g/mol. The van der Waals surface area contributed by atoms with Crippen molar-refractivity contribution >= 4 is 171 Å². The Morgan fingerprint density at radius 2 is 0.618 bits per heavy atom. The summed E-state index contributed by atoms with van der Waals surface area (Å²) in [5.74, 6) is 0. The third kappa shape index (κ3) is 3.36. The molecular formula is C50H23BS4. The molecule has 0 N–H and O–H groups in total. The first-order chi connectivity index (χ1) is 27.3. The topological polar surface area (TPSA) is 0 Å². The van der Waals surface area contributed by atoms with Gasteiger partial charge in [-0.05, 0) is 81.6 Å². The Labute approximate surface area is 330 Å². The van der Waals surface area contributed by atoms with Crippen molar-refractivity contribution in [3.8, 4) is 22.3 Å². The zero-order valence-corrected chi connectivity index (χ0v) is 32.3. The molecule has 0 unspecified atom stereocenters. The van der Waals surface area contributed by atoms with Crippen LogP contribution < -0.4 is 16.4 Å². The van der Waals surface area contributed by atoms with Crippen molar-refractivity contribution in [2.45, 2.75) is 0 Å². The van der Waals surface area contributed by atoms with Crippen LogP contribution in [0.4, 0.5) is 0 Å². The third-order valence-electron chi connectivity index (χ3n) is 12.8. The van der Waals surface area contributed by atoms with E-state index in [1.165, 1.54) is 141 Å². The predicted octanol–water partition coefficient (Wildman–Crippen LogP) is 13.9. The van der Waals surface area contributed by atoms with Gasteiger partial charge in [0.05, 0.1) is 0 Å². The van der Waals surface area contributed by atoms with Crippen LogP contribution in [0.25, 0.3) is 124 Å². The van der Waals surface area contributed by atoms with E-state index in [2.05, 4.69) is 140 Å². The quantitative estimate of drug-likeness (QED) is 0.135. The van der Waals surface area contributed by atoms with Crippen molar-refractivity contribution in [3.63, 3.8) is 0 Å². The van der Waals surface area contributed by atoms with Gasteiger partial charge in [-0.15, -0.1) is 45.3 Å². The van der Waals surface area contributed by atoms with E-state index >= 15 is 0 Å². The summed E-state index contributed by atoms with van der Waals surface area (Å²) in [6.07, 6.45) is 0. The van der Waals surface area contributed by atoms with E-state index in [1.54, 1.807) is 0 Å². The Balaban J connectivity index is 1.22. The van der Waals surface area contributed by atoms with Crippen LogP contribution in [0.2, 0.25) is 0 Å². The molecule has 6 heterocycles. The van der Waals surface area contributed by atoms with E-state index < -0.39 is 0 Å². The summed E-state index contributed by atoms with van der Waals surface area (Å²) in [4.78, 5) is 0. The van der Waals surface area contributed by atoms with Gasteiger partial charge >= 0.3 is 0 Å².